The molecule has 0 saturated carbocycles. The average Bonchev–Trinajstić information content (AvgIpc) is 2.88. The molecule has 1 atom stereocenters. The van der Waals surface area contributed by atoms with Crippen molar-refractivity contribution in [2.24, 2.45) is 0 Å². The molecule has 25 heavy (non-hydrogen) atoms. The number of hydrogen-bond acceptors (Lipinski definition) is 3. The Balaban J connectivity index is 1.93. The van der Waals surface area contributed by atoms with E-state index in [0.717, 1.165) is 11.5 Å². The van der Waals surface area contributed by atoms with Crippen molar-refractivity contribution in [1.82, 2.24) is 4.98 Å². The van der Waals surface area contributed by atoms with E-state index < -0.39 is 0 Å². The lowest BCUT2D eigenvalue weighted by molar-refractivity contribution is 0.752. The van der Waals surface area contributed by atoms with Crippen molar-refractivity contribution in [3.63, 3.8) is 0 Å². The first-order chi connectivity index (χ1) is 12.1. The number of para-hydroxylation sites is 2. The van der Waals surface area contributed by atoms with Gasteiger partial charge in [-0.3, -0.25) is 0 Å². The van der Waals surface area contributed by atoms with Crippen LogP contribution in [0.3, 0.4) is 0 Å². The molecule has 0 bridgehead atoms. The van der Waals surface area contributed by atoms with Crippen molar-refractivity contribution in [2.45, 2.75) is 33.9 Å². The first kappa shape index (κ1) is 15.7. The highest BCUT2D eigenvalue weighted by Crippen LogP contribution is 2.48. The van der Waals surface area contributed by atoms with E-state index in [1.165, 1.54) is 28.1 Å². The lowest BCUT2D eigenvalue weighted by Crippen LogP contribution is -2.36. The molecule has 1 aromatic heterocycles. The van der Waals surface area contributed by atoms with Crippen LogP contribution in [0.2, 0.25) is 0 Å². The molecule has 0 aliphatic carbocycles. The number of fused-ring (bicyclic) bond motifs is 1. The molecule has 126 valence electrons. The monoisotopic (exact) mass is 329 g/mol. The van der Waals surface area contributed by atoms with Gasteiger partial charge in [-0.25, -0.2) is 4.98 Å². The Hall–Kier alpha value is -2.81. The zero-order valence-electron chi connectivity index (χ0n) is 15.2. The molecule has 2 heterocycles. The zero-order chi connectivity index (χ0) is 17.6. The number of nitrogens with zero attached hydrogens (tertiary/aromatic N) is 3. The first-order valence-corrected chi connectivity index (χ1v) is 8.75. The second-order valence-corrected chi connectivity index (χ2v) is 6.74. The molecular formula is C22H23N3. The normalized spacial score (nSPS) is 16.2. The van der Waals surface area contributed by atoms with Gasteiger partial charge >= 0.3 is 0 Å². The van der Waals surface area contributed by atoms with Crippen LogP contribution in [0, 0.1) is 20.8 Å². The minimum atomic E-state index is 0.158. The molecule has 2 aromatic carbocycles. The fourth-order valence-corrected chi connectivity index (χ4v) is 3.90. The van der Waals surface area contributed by atoms with E-state index >= 15 is 0 Å². The van der Waals surface area contributed by atoms with Crippen LogP contribution >= 0.6 is 0 Å². The molecule has 1 aliphatic heterocycles. The van der Waals surface area contributed by atoms with Gasteiger partial charge in [0, 0.05) is 17.6 Å². The van der Waals surface area contributed by atoms with Crippen molar-refractivity contribution >= 4 is 22.9 Å². The largest absolute Gasteiger partial charge is 0.317 e. The highest BCUT2D eigenvalue weighted by Gasteiger charge is 2.37. The third-order valence-corrected chi connectivity index (χ3v) is 5.06. The fourth-order valence-electron chi connectivity index (χ4n) is 3.90. The van der Waals surface area contributed by atoms with Crippen LogP contribution in [0.4, 0.5) is 22.9 Å². The summed E-state index contributed by atoms with van der Waals surface area (Å²) in [5, 5.41) is 0. The van der Waals surface area contributed by atoms with Crippen molar-refractivity contribution in [3.05, 3.63) is 77.5 Å². The van der Waals surface area contributed by atoms with Crippen LogP contribution in [-0.2, 0) is 0 Å². The van der Waals surface area contributed by atoms with Gasteiger partial charge in [0.2, 0.25) is 0 Å². The lowest BCUT2D eigenvalue weighted by atomic mass is 10.1. The maximum absolute atomic E-state index is 4.73. The quantitative estimate of drug-likeness (QED) is 0.606. The number of rotatable bonds is 2. The van der Waals surface area contributed by atoms with Crippen LogP contribution < -0.4 is 9.80 Å². The summed E-state index contributed by atoms with van der Waals surface area (Å²) >= 11 is 0. The Morgan fingerprint density at radius 1 is 0.720 bits per heavy atom. The Labute approximate surface area is 149 Å². The molecule has 0 radical (unpaired) electrons. The minimum Gasteiger partial charge on any atom is -0.317 e. The molecule has 0 spiro atoms. The summed E-state index contributed by atoms with van der Waals surface area (Å²) in [4.78, 5) is 9.49. The minimum absolute atomic E-state index is 0.158. The molecule has 0 fully saturated rings. The summed E-state index contributed by atoms with van der Waals surface area (Å²) in [5.41, 5.74) is 7.48. The predicted octanol–water partition coefficient (Wildman–Crippen LogP) is 5.64. The van der Waals surface area contributed by atoms with E-state index in [0.29, 0.717) is 0 Å². The Kier molecular flexibility index (Phi) is 3.72. The van der Waals surface area contributed by atoms with Gasteiger partial charge in [0.1, 0.15) is 6.17 Å². The number of pyridine rings is 1. The summed E-state index contributed by atoms with van der Waals surface area (Å²) in [5.74, 6) is 1.02. The van der Waals surface area contributed by atoms with Gasteiger partial charge < -0.3 is 9.80 Å². The fraction of sp³-hybridized carbons (Fsp3) is 0.227. The van der Waals surface area contributed by atoms with Crippen LogP contribution in [0.15, 0.2) is 60.8 Å². The van der Waals surface area contributed by atoms with E-state index in [2.05, 4.69) is 86.0 Å². The van der Waals surface area contributed by atoms with E-state index in [-0.39, 0.29) is 6.17 Å². The smallest absolute Gasteiger partial charge is 0.158 e. The van der Waals surface area contributed by atoms with Crippen molar-refractivity contribution < 1.29 is 0 Å². The summed E-state index contributed by atoms with van der Waals surface area (Å²) in [6.07, 6.45) is 2.04. The van der Waals surface area contributed by atoms with Gasteiger partial charge in [0.15, 0.2) is 5.82 Å². The molecule has 3 aromatic rings. The SMILES string of the molecule is Cc1ccccc1N1c2ncccc2N(c2c(C)cccc2C)C1C. The number of hydrogen-bond donors (Lipinski definition) is 0. The second-order valence-electron chi connectivity index (χ2n) is 6.74. The molecule has 1 aliphatic rings. The maximum atomic E-state index is 4.73. The van der Waals surface area contributed by atoms with Gasteiger partial charge in [0.05, 0.1) is 5.69 Å². The van der Waals surface area contributed by atoms with Crippen LogP contribution in [0.25, 0.3) is 0 Å². The highest BCUT2D eigenvalue weighted by atomic mass is 15.4. The van der Waals surface area contributed by atoms with Crippen molar-refractivity contribution in [2.75, 3.05) is 9.80 Å². The summed E-state index contributed by atoms with van der Waals surface area (Å²) in [6, 6.07) is 19.2. The highest BCUT2D eigenvalue weighted by molar-refractivity contribution is 5.87. The van der Waals surface area contributed by atoms with Crippen LogP contribution in [0.5, 0.6) is 0 Å². The average molecular weight is 329 g/mol. The van der Waals surface area contributed by atoms with Gasteiger partial charge in [-0.1, -0.05) is 36.4 Å². The van der Waals surface area contributed by atoms with Crippen LogP contribution in [0.1, 0.15) is 23.6 Å². The molecule has 4 rings (SSSR count). The summed E-state index contributed by atoms with van der Waals surface area (Å²) < 4.78 is 0. The number of anilines is 4. The lowest BCUT2D eigenvalue weighted by Gasteiger charge is -2.32. The molecule has 0 amide bonds. The van der Waals surface area contributed by atoms with Gasteiger partial charge in [0.25, 0.3) is 0 Å². The maximum Gasteiger partial charge on any atom is 0.158 e. The van der Waals surface area contributed by atoms with Gasteiger partial charge in [-0.15, -0.1) is 0 Å². The summed E-state index contributed by atoms with van der Waals surface area (Å²) in [7, 11) is 0. The molecule has 0 saturated heterocycles. The van der Waals surface area contributed by atoms with Gasteiger partial charge in [-0.2, -0.15) is 0 Å². The zero-order valence-corrected chi connectivity index (χ0v) is 15.2. The molecular weight excluding hydrogens is 306 g/mol. The third-order valence-electron chi connectivity index (χ3n) is 5.06. The number of aromatic nitrogens is 1. The van der Waals surface area contributed by atoms with E-state index in [1.54, 1.807) is 0 Å². The van der Waals surface area contributed by atoms with Crippen molar-refractivity contribution in [1.29, 1.82) is 0 Å². The number of aryl methyl sites for hydroxylation is 3. The Morgan fingerprint density at radius 2 is 1.36 bits per heavy atom. The molecule has 0 N–H and O–H groups in total. The standard InChI is InChI=1S/C22H23N3/c1-15-9-5-6-12-19(15)25-18(4)24(20-13-8-14-23-22(20)25)21-16(2)10-7-11-17(21)3/h5-14,18H,1-4H3. The molecule has 3 nitrogen and oxygen atoms in total. The topological polar surface area (TPSA) is 19.4 Å². The predicted molar refractivity (Wildman–Crippen MR) is 105 cm³/mol. The molecule has 1 unspecified atom stereocenters. The van der Waals surface area contributed by atoms with Crippen molar-refractivity contribution in [3.8, 4) is 0 Å². The van der Waals surface area contributed by atoms with Gasteiger partial charge in [-0.05, 0) is 62.6 Å². The third kappa shape index (κ3) is 2.39. The van der Waals surface area contributed by atoms with E-state index in [9.17, 15) is 0 Å². The van der Waals surface area contributed by atoms with E-state index in [1.807, 2.05) is 12.3 Å². The number of benzene rings is 2. The second kappa shape index (κ2) is 5.92. The Bertz CT molecular complexity index is 912. The Morgan fingerprint density at radius 3 is 2.08 bits per heavy atom. The molecule has 3 heteroatoms. The van der Waals surface area contributed by atoms with Crippen LogP contribution in [-0.4, -0.2) is 11.1 Å². The van der Waals surface area contributed by atoms with E-state index in [4.69, 9.17) is 4.98 Å². The first-order valence-electron chi connectivity index (χ1n) is 8.75. The summed E-state index contributed by atoms with van der Waals surface area (Å²) in [6.45, 7) is 8.77.